The average Bonchev–Trinajstić information content (AvgIpc) is 2.53. The van der Waals surface area contributed by atoms with Gasteiger partial charge in [0.15, 0.2) is 0 Å². The Balaban J connectivity index is 1.91. The topological polar surface area (TPSA) is 46.1 Å². The number of amides is 1. The van der Waals surface area contributed by atoms with Crippen molar-refractivity contribution < 1.29 is 4.79 Å². The van der Waals surface area contributed by atoms with Crippen molar-refractivity contribution in [3.05, 3.63) is 58.1 Å². The second-order valence-electron chi connectivity index (χ2n) is 5.21. The van der Waals surface area contributed by atoms with Crippen molar-refractivity contribution in [2.24, 2.45) is 0 Å². The zero-order chi connectivity index (χ0) is 14.8. The van der Waals surface area contributed by atoms with Crippen LogP contribution >= 0.6 is 15.9 Å². The van der Waals surface area contributed by atoms with Crippen molar-refractivity contribution in [3.8, 4) is 0 Å². The minimum Gasteiger partial charge on any atom is -0.332 e. The summed E-state index contributed by atoms with van der Waals surface area (Å²) in [4.78, 5) is 23.1. The number of hydrogen-bond acceptors (Lipinski definition) is 3. The summed E-state index contributed by atoms with van der Waals surface area (Å²) in [5.41, 5.74) is 2.71. The fraction of sp³-hybridized carbons (Fsp3) is 0.312. The molecule has 1 aliphatic rings. The Morgan fingerprint density at radius 2 is 2.05 bits per heavy atom. The minimum absolute atomic E-state index is 0.0244. The van der Waals surface area contributed by atoms with E-state index in [1.165, 1.54) is 5.56 Å². The molecule has 0 saturated carbocycles. The van der Waals surface area contributed by atoms with Gasteiger partial charge in [0.1, 0.15) is 5.69 Å². The van der Waals surface area contributed by atoms with Gasteiger partial charge in [-0.3, -0.25) is 9.78 Å². The van der Waals surface area contributed by atoms with E-state index in [4.69, 9.17) is 0 Å². The summed E-state index contributed by atoms with van der Waals surface area (Å²) in [7, 11) is 1.83. The number of carbonyl (C=O) groups is 1. The van der Waals surface area contributed by atoms with Crippen LogP contribution in [0.3, 0.4) is 0 Å². The van der Waals surface area contributed by atoms with Crippen LogP contribution < -0.4 is 0 Å². The number of pyridine rings is 2. The molecule has 2 aromatic rings. The van der Waals surface area contributed by atoms with Crippen LogP contribution in [0.4, 0.5) is 0 Å². The third kappa shape index (κ3) is 2.70. The molecule has 2 aromatic heterocycles. The molecular weight excluding hydrogens is 330 g/mol. The first-order chi connectivity index (χ1) is 10.2. The number of carbonyl (C=O) groups excluding carboxylic acids is 1. The van der Waals surface area contributed by atoms with Gasteiger partial charge in [0.05, 0.1) is 11.7 Å². The molecule has 0 N–H and O–H groups in total. The highest BCUT2D eigenvalue weighted by Gasteiger charge is 2.29. The maximum absolute atomic E-state index is 12.7. The van der Waals surface area contributed by atoms with Crippen molar-refractivity contribution >= 4 is 21.8 Å². The molecule has 0 spiro atoms. The number of halogens is 1. The van der Waals surface area contributed by atoms with E-state index in [1.807, 2.05) is 19.2 Å². The van der Waals surface area contributed by atoms with Gasteiger partial charge < -0.3 is 4.90 Å². The predicted molar refractivity (Wildman–Crippen MR) is 83.9 cm³/mol. The van der Waals surface area contributed by atoms with Gasteiger partial charge in [-0.25, -0.2) is 4.98 Å². The Kier molecular flexibility index (Phi) is 4.01. The Morgan fingerprint density at radius 1 is 1.29 bits per heavy atom. The lowest BCUT2D eigenvalue weighted by molar-refractivity contribution is 0.0704. The molecule has 5 heteroatoms. The fourth-order valence-corrected chi connectivity index (χ4v) is 3.24. The molecule has 0 aliphatic heterocycles. The zero-order valence-electron chi connectivity index (χ0n) is 11.8. The molecule has 0 radical (unpaired) electrons. The summed E-state index contributed by atoms with van der Waals surface area (Å²) in [6.07, 6.45) is 6.49. The van der Waals surface area contributed by atoms with E-state index in [1.54, 1.807) is 23.4 Å². The molecule has 1 amide bonds. The lowest BCUT2D eigenvalue weighted by Crippen LogP contribution is -2.34. The van der Waals surface area contributed by atoms with E-state index in [9.17, 15) is 4.79 Å². The van der Waals surface area contributed by atoms with E-state index >= 15 is 0 Å². The van der Waals surface area contributed by atoms with Crippen LogP contribution in [0.25, 0.3) is 0 Å². The minimum atomic E-state index is -0.0778. The van der Waals surface area contributed by atoms with Gasteiger partial charge in [-0.1, -0.05) is 6.07 Å². The first kappa shape index (κ1) is 14.2. The first-order valence-corrected chi connectivity index (χ1v) is 7.79. The van der Waals surface area contributed by atoms with Crippen LogP contribution in [0, 0.1) is 0 Å². The van der Waals surface area contributed by atoms with Gasteiger partial charge in [-0.15, -0.1) is 0 Å². The SMILES string of the molecule is CN(C(=O)c1ncccc1Br)[C@H]1CCCc2cccnc21. The van der Waals surface area contributed by atoms with E-state index in [-0.39, 0.29) is 11.9 Å². The van der Waals surface area contributed by atoms with Crippen LogP contribution in [0.5, 0.6) is 0 Å². The van der Waals surface area contributed by atoms with Crippen LogP contribution in [-0.4, -0.2) is 27.8 Å². The average molecular weight is 346 g/mol. The summed E-state index contributed by atoms with van der Waals surface area (Å²) in [5.74, 6) is -0.0778. The molecule has 0 saturated heterocycles. The van der Waals surface area contributed by atoms with Crippen molar-refractivity contribution in [2.75, 3.05) is 7.05 Å². The molecular formula is C16H16BrN3O. The van der Waals surface area contributed by atoms with Crippen LogP contribution in [-0.2, 0) is 6.42 Å². The van der Waals surface area contributed by atoms with Gasteiger partial charge >= 0.3 is 0 Å². The van der Waals surface area contributed by atoms with E-state index in [0.29, 0.717) is 5.69 Å². The normalized spacial score (nSPS) is 17.1. The van der Waals surface area contributed by atoms with E-state index in [0.717, 1.165) is 29.4 Å². The number of hydrogen-bond donors (Lipinski definition) is 0. The lowest BCUT2D eigenvalue weighted by atomic mass is 9.91. The van der Waals surface area contributed by atoms with Gasteiger partial charge in [-0.2, -0.15) is 0 Å². The summed E-state index contributed by atoms with van der Waals surface area (Å²) in [6.45, 7) is 0. The molecule has 0 aromatic carbocycles. The molecule has 0 unspecified atom stereocenters. The smallest absolute Gasteiger partial charge is 0.273 e. The Hall–Kier alpha value is -1.75. The lowest BCUT2D eigenvalue weighted by Gasteiger charge is -2.32. The molecule has 2 heterocycles. The third-order valence-electron chi connectivity index (χ3n) is 3.91. The molecule has 4 nitrogen and oxygen atoms in total. The van der Waals surface area contributed by atoms with E-state index in [2.05, 4.69) is 32.0 Å². The highest BCUT2D eigenvalue weighted by molar-refractivity contribution is 9.10. The van der Waals surface area contributed by atoms with Crippen molar-refractivity contribution in [1.29, 1.82) is 0 Å². The van der Waals surface area contributed by atoms with Crippen molar-refractivity contribution in [3.63, 3.8) is 0 Å². The highest BCUT2D eigenvalue weighted by atomic mass is 79.9. The summed E-state index contributed by atoms with van der Waals surface area (Å²) in [6, 6.07) is 7.72. The Bertz CT molecular complexity index is 674. The zero-order valence-corrected chi connectivity index (χ0v) is 13.4. The molecule has 108 valence electrons. The number of aromatic nitrogens is 2. The fourth-order valence-electron chi connectivity index (χ4n) is 2.81. The van der Waals surface area contributed by atoms with Crippen LogP contribution in [0.15, 0.2) is 41.1 Å². The second-order valence-corrected chi connectivity index (χ2v) is 6.06. The third-order valence-corrected chi connectivity index (χ3v) is 4.55. The molecule has 1 atom stereocenters. The van der Waals surface area contributed by atoms with Gasteiger partial charge in [0.2, 0.25) is 0 Å². The monoisotopic (exact) mass is 345 g/mol. The molecule has 0 fully saturated rings. The van der Waals surface area contributed by atoms with Crippen molar-refractivity contribution in [1.82, 2.24) is 14.9 Å². The maximum Gasteiger partial charge on any atom is 0.273 e. The van der Waals surface area contributed by atoms with Crippen LogP contribution in [0.1, 0.15) is 40.6 Å². The molecule has 3 rings (SSSR count). The molecule has 1 aliphatic carbocycles. The van der Waals surface area contributed by atoms with Gasteiger partial charge in [-0.05, 0) is 59.0 Å². The largest absolute Gasteiger partial charge is 0.332 e. The van der Waals surface area contributed by atoms with Gasteiger partial charge in [0.25, 0.3) is 5.91 Å². The molecule has 0 bridgehead atoms. The van der Waals surface area contributed by atoms with E-state index < -0.39 is 0 Å². The van der Waals surface area contributed by atoms with Crippen LogP contribution in [0.2, 0.25) is 0 Å². The van der Waals surface area contributed by atoms with Crippen molar-refractivity contribution in [2.45, 2.75) is 25.3 Å². The Labute approximate surface area is 132 Å². The number of rotatable bonds is 2. The number of nitrogens with zero attached hydrogens (tertiary/aromatic N) is 3. The number of aryl methyl sites for hydroxylation is 1. The maximum atomic E-state index is 12.7. The first-order valence-electron chi connectivity index (χ1n) is 7.00. The summed E-state index contributed by atoms with van der Waals surface area (Å²) in [5, 5.41) is 0. The predicted octanol–water partition coefficient (Wildman–Crippen LogP) is 3.39. The Morgan fingerprint density at radius 3 is 2.86 bits per heavy atom. The standard InChI is InChI=1S/C16H16BrN3O/c1-20(16(21)15-12(17)7-4-10-19-15)13-8-2-5-11-6-3-9-18-14(11)13/h3-4,6-7,9-10,13H,2,5,8H2,1H3/t13-/m0/s1. The number of fused-ring (bicyclic) bond motifs is 1. The summed E-state index contributed by atoms with van der Waals surface area (Å²) >= 11 is 3.40. The van der Waals surface area contributed by atoms with Gasteiger partial charge in [0, 0.05) is 23.9 Å². The molecule has 21 heavy (non-hydrogen) atoms. The second kappa shape index (κ2) is 5.93. The highest BCUT2D eigenvalue weighted by Crippen LogP contribution is 2.33. The quantitative estimate of drug-likeness (QED) is 0.837. The summed E-state index contributed by atoms with van der Waals surface area (Å²) < 4.78 is 0.721.